The molecule has 1 aliphatic carbocycles. The standard InChI is InChI=1S/C30H28FN7S/c1-17-6-7-26(39-17)29-28-24(8-9-34-29)35-30(36-28)27-22-11-21(23(31)12-25(22)37-38-27)20-10-19(15-33-16-20)14-32-13-18-4-2-3-5-18/h6-12,15-16,18,32H,2-5,13-14H2,1H3,(H,35,36)(H,37,38). The number of hydrogen-bond acceptors (Lipinski definition) is 6. The van der Waals surface area contributed by atoms with Gasteiger partial charge in [0.05, 0.1) is 15.9 Å². The molecular formula is C30H28FN7S. The number of halogens is 1. The first-order chi connectivity index (χ1) is 19.1. The van der Waals surface area contributed by atoms with Gasteiger partial charge in [0.1, 0.15) is 22.7 Å². The van der Waals surface area contributed by atoms with Crippen molar-refractivity contribution in [2.75, 3.05) is 6.54 Å². The summed E-state index contributed by atoms with van der Waals surface area (Å²) in [6, 6.07) is 11.4. The van der Waals surface area contributed by atoms with E-state index in [1.807, 2.05) is 24.4 Å². The van der Waals surface area contributed by atoms with Gasteiger partial charge in [-0.3, -0.25) is 15.1 Å². The number of thiophene rings is 1. The lowest BCUT2D eigenvalue weighted by Crippen LogP contribution is -2.20. The summed E-state index contributed by atoms with van der Waals surface area (Å²) >= 11 is 1.69. The first kappa shape index (κ1) is 24.1. The van der Waals surface area contributed by atoms with Crippen LogP contribution in [-0.2, 0) is 6.54 Å². The zero-order chi connectivity index (χ0) is 26.3. The summed E-state index contributed by atoms with van der Waals surface area (Å²) < 4.78 is 15.3. The van der Waals surface area contributed by atoms with Gasteiger partial charge in [0.25, 0.3) is 0 Å². The van der Waals surface area contributed by atoms with E-state index in [2.05, 4.69) is 49.5 Å². The number of fused-ring (bicyclic) bond motifs is 2. The second-order valence-electron chi connectivity index (χ2n) is 10.4. The Morgan fingerprint density at radius 1 is 1.05 bits per heavy atom. The smallest absolute Gasteiger partial charge is 0.159 e. The van der Waals surface area contributed by atoms with Crippen molar-refractivity contribution < 1.29 is 4.39 Å². The highest BCUT2D eigenvalue weighted by atomic mass is 32.1. The van der Waals surface area contributed by atoms with Crippen LogP contribution in [0.1, 0.15) is 36.1 Å². The number of H-pyrrole nitrogens is 2. The molecule has 0 spiro atoms. The Morgan fingerprint density at radius 2 is 1.95 bits per heavy atom. The van der Waals surface area contributed by atoms with Gasteiger partial charge < -0.3 is 10.3 Å². The van der Waals surface area contributed by atoms with E-state index >= 15 is 4.39 Å². The molecule has 39 heavy (non-hydrogen) atoms. The van der Waals surface area contributed by atoms with Gasteiger partial charge in [-0.2, -0.15) is 5.10 Å². The highest BCUT2D eigenvalue weighted by molar-refractivity contribution is 7.15. The average Bonchev–Trinajstić information content (AvgIpc) is 3.74. The maximum Gasteiger partial charge on any atom is 0.159 e. The van der Waals surface area contributed by atoms with Crippen molar-refractivity contribution in [1.82, 2.24) is 35.5 Å². The first-order valence-electron chi connectivity index (χ1n) is 13.4. The normalized spacial score (nSPS) is 14.2. The van der Waals surface area contributed by atoms with Crippen molar-refractivity contribution in [2.45, 2.75) is 39.2 Å². The Hall–Kier alpha value is -3.95. The molecule has 0 saturated heterocycles. The molecule has 0 unspecified atom stereocenters. The zero-order valence-corrected chi connectivity index (χ0v) is 22.4. The molecule has 196 valence electrons. The molecule has 6 aromatic rings. The number of pyridine rings is 2. The molecule has 1 aliphatic rings. The quantitative estimate of drug-likeness (QED) is 0.203. The van der Waals surface area contributed by atoms with Crippen LogP contribution in [0.3, 0.4) is 0 Å². The summed E-state index contributed by atoms with van der Waals surface area (Å²) in [5, 5.41) is 11.8. The molecule has 0 amide bonds. The van der Waals surface area contributed by atoms with Gasteiger partial charge in [-0.25, -0.2) is 9.37 Å². The minimum atomic E-state index is -0.320. The summed E-state index contributed by atoms with van der Waals surface area (Å²) in [5.74, 6) is 1.05. The summed E-state index contributed by atoms with van der Waals surface area (Å²) in [6.45, 7) is 3.82. The Labute approximate surface area is 229 Å². The second-order valence-corrected chi connectivity index (χ2v) is 11.7. The van der Waals surface area contributed by atoms with E-state index in [0.29, 0.717) is 22.6 Å². The van der Waals surface area contributed by atoms with Crippen molar-refractivity contribution in [3.63, 3.8) is 0 Å². The number of aromatic amines is 2. The highest BCUT2D eigenvalue weighted by Gasteiger charge is 2.19. The van der Waals surface area contributed by atoms with E-state index in [9.17, 15) is 0 Å². The predicted molar refractivity (Wildman–Crippen MR) is 154 cm³/mol. The molecule has 1 saturated carbocycles. The lowest BCUT2D eigenvalue weighted by atomic mass is 10.0. The molecule has 3 N–H and O–H groups in total. The van der Waals surface area contributed by atoms with Crippen molar-refractivity contribution >= 4 is 33.3 Å². The summed E-state index contributed by atoms with van der Waals surface area (Å²) in [6.07, 6.45) is 10.6. The number of aromatic nitrogens is 6. The van der Waals surface area contributed by atoms with E-state index in [1.165, 1.54) is 36.6 Å². The van der Waals surface area contributed by atoms with Crippen LogP contribution in [0.5, 0.6) is 0 Å². The van der Waals surface area contributed by atoms with Crippen LogP contribution in [0.4, 0.5) is 4.39 Å². The number of imidazole rings is 1. The zero-order valence-electron chi connectivity index (χ0n) is 21.6. The van der Waals surface area contributed by atoms with Crippen LogP contribution < -0.4 is 5.32 Å². The fourth-order valence-corrected chi connectivity index (χ4v) is 6.46. The minimum Gasteiger partial charge on any atom is -0.336 e. The van der Waals surface area contributed by atoms with E-state index in [0.717, 1.165) is 57.1 Å². The summed E-state index contributed by atoms with van der Waals surface area (Å²) in [4.78, 5) is 19.6. The molecule has 5 aromatic heterocycles. The molecule has 1 aromatic carbocycles. The number of aryl methyl sites for hydroxylation is 1. The van der Waals surface area contributed by atoms with Gasteiger partial charge in [0, 0.05) is 52.6 Å². The van der Waals surface area contributed by atoms with Crippen LogP contribution in [0.15, 0.2) is 55.0 Å². The van der Waals surface area contributed by atoms with Crippen molar-refractivity contribution in [3.8, 4) is 33.2 Å². The van der Waals surface area contributed by atoms with E-state index in [1.54, 1.807) is 23.7 Å². The molecule has 0 aliphatic heterocycles. The number of benzene rings is 1. The Bertz CT molecular complexity index is 1790. The molecule has 0 atom stereocenters. The number of nitrogens with one attached hydrogen (secondary N) is 3. The molecular weight excluding hydrogens is 509 g/mol. The molecule has 9 heteroatoms. The predicted octanol–water partition coefficient (Wildman–Crippen LogP) is 7.02. The van der Waals surface area contributed by atoms with E-state index < -0.39 is 0 Å². The number of hydrogen-bond donors (Lipinski definition) is 3. The highest BCUT2D eigenvalue weighted by Crippen LogP contribution is 2.35. The van der Waals surface area contributed by atoms with Crippen molar-refractivity contribution in [1.29, 1.82) is 0 Å². The molecule has 5 heterocycles. The molecule has 0 radical (unpaired) electrons. The first-order valence-corrected chi connectivity index (χ1v) is 14.2. The third-order valence-corrected chi connectivity index (χ3v) is 8.60. The monoisotopic (exact) mass is 537 g/mol. The van der Waals surface area contributed by atoms with Crippen molar-refractivity contribution in [3.05, 3.63) is 71.2 Å². The topological polar surface area (TPSA) is 95.2 Å². The fourth-order valence-electron chi connectivity index (χ4n) is 5.60. The Morgan fingerprint density at radius 3 is 2.79 bits per heavy atom. The van der Waals surface area contributed by atoms with E-state index in [-0.39, 0.29) is 5.82 Å². The lowest BCUT2D eigenvalue weighted by molar-refractivity contribution is 0.489. The Balaban J connectivity index is 1.23. The minimum absolute atomic E-state index is 0.320. The van der Waals surface area contributed by atoms with E-state index in [4.69, 9.17) is 4.98 Å². The molecule has 1 fully saturated rings. The maximum absolute atomic E-state index is 15.3. The number of rotatable bonds is 7. The largest absolute Gasteiger partial charge is 0.336 e. The van der Waals surface area contributed by atoms with Gasteiger partial charge in [0.2, 0.25) is 0 Å². The van der Waals surface area contributed by atoms with Crippen LogP contribution >= 0.6 is 11.3 Å². The second kappa shape index (κ2) is 9.98. The molecule has 0 bridgehead atoms. The Kier molecular flexibility index (Phi) is 6.17. The van der Waals surface area contributed by atoms with Crippen LogP contribution in [0.25, 0.3) is 55.2 Å². The molecule has 7 rings (SSSR count). The van der Waals surface area contributed by atoms with Gasteiger partial charge in [-0.05, 0) is 68.1 Å². The van der Waals surface area contributed by atoms with Gasteiger partial charge in [-0.1, -0.05) is 12.8 Å². The van der Waals surface area contributed by atoms with Gasteiger partial charge in [0.15, 0.2) is 5.82 Å². The SMILES string of the molecule is Cc1ccc(-c2nccc3[nH]c(-c4n[nH]c5cc(F)c(-c6cncc(CNCC7CCCC7)c6)cc45)nc23)s1. The molecule has 7 nitrogen and oxygen atoms in total. The average molecular weight is 538 g/mol. The fraction of sp³-hybridized carbons (Fsp3) is 0.267. The van der Waals surface area contributed by atoms with Gasteiger partial charge >= 0.3 is 0 Å². The van der Waals surface area contributed by atoms with Crippen LogP contribution in [0, 0.1) is 18.7 Å². The van der Waals surface area contributed by atoms with Crippen LogP contribution in [0.2, 0.25) is 0 Å². The maximum atomic E-state index is 15.3. The van der Waals surface area contributed by atoms with Crippen molar-refractivity contribution in [2.24, 2.45) is 5.92 Å². The lowest BCUT2D eigenvalue weighted by Gasteiger charge is -2.11. The summed E-state index contributed by atoms with van der Waals surface area (Å²) in [7, 11) is 0. The number of nitrogens with zero attached hydrogens (tertiary/aromatic N) is 4. The van der Waals surface area contributed by atoms with Crippen LogP contribution in [-0.4, -0.2) is 36.7 Å². The summed E-state index contributed by atoms with van der Waals surface area (Å²) in [5.41, 5.74) is 6.02. The third-order valence-electron chi connectivity index (χ3n) is 7.59. The third kappa shape index (κ3) is 4.62. The van der Waals surface area contributed by atoms with Gasteiger partial charge in [-0.15, -0.1) is 11.3 Å².